The number of amidine groups is 1. The highest BCUT2D eigenvalue weighted by Gasteiger charge is 2.23. The summed E-state index contributed by atoms with van der Waals surface area (Å²) in [4.78, 5) is 10.8. The Hall–Kier alpha value is -6.52. The Kier molecular flexibility index (Phi) is 6.43. The van der Waals surface area contributed by atoms with Crippen molar-refractivity contribution >= 4 is 71.9 Å². The van der Waals surface area contributed by atoms with E-state index in [9.17, 15) is 0 Å². The molecule has 236 valence electrons. The highest BCUT2D eigenvalue weighted by atomic mass is 16.3. The van der Waals surface area contributed by atoms with Crippen LogP contribution in [0.1, 0.15) is 30.0 Å². The van der Waals surface area contributed by atoms with Crippen LogP contribution in [0.2, 0.25) is 0 Å². The predicted molar refractivity (Wildman–Crippen MR) is 207 cm³/mol. The fourth-order valence-electron chi connectivity index (χ4n) is 7.60. The average Bonchev–Trinajstić information content (AvgIpc) is 3.69. The number of para-hydroxylation sites is 3. The van der Waals surface area contributed by atoms with Gasteiger partial charge in [-0.15, -0.1) is 0 Å². The number of fused-ring (bicyclic) bond motifs is 7. The van der Waals surface area contributed by atoms with Gasteiger partial charge in [-0.3, -0.25) is 0 Å². The van der Waals surface area contributed by atoms with Crippen molar-refractivity contribution in [3.8, 4) is 11.1 Å². The zero-order valence-corrected chi connectivity index (χ0v) is 27.4. The molecule has 1 aliphatic heterocycles. The molecule has 0 N–H and O–H groups in total. The third-order valence-corrected chi connectivity index (χ3v) is 9.92. The van der Waals surface area contributed by atoms with Crippen molar-refractivity contribution in [3.05, 3.63) is 174 Å². The van der Waals surface area contributed by atoms with Crippen molar-refractivity contribution in [2.75, 3.05) is 0 Å². The minimum absolute atomic E-state index is 0.661. The summed E-state index contributed by atoms with van der Waals surface area (Å²) in [6, 6.07) is 52.6. The predicted octanol–water partition coefficient (Wildman–Crippen LogP) is 12.4. The van der Waals surface area contributed by atoms with Crippen LogP contribution < -0.4 is 0 Å². The largest absolute Gasteiger partial charge is 0.456 e. The monoisotopic (exact) mass is 642 g/mol. The van der Waals surface area contributed by atoms with E-state index in [0.29, 0.717) is 12.3 Å². The Morgan fingerprint density at radius 1 is 0.440 bits per heavy atom. The lowest BCUT2D eigenvalue weighted by Crippen LogP contribution is -2.06. The number of aliphatic imine (C=N–C) groups is 2. The topological polar surface area (TPSA) is 51.0 Å². The van der Waals surface area contributed by atoms with E-state index in [2.05, 4.69) is 122 Å². The summed E-state index contributed by atoms with van der Waals surface area (Å²) in [5.41, 5.74) is 11.8. The van der Waals surface area contributed by atoms with Gasteiger partial charge in [0.2, 0.25) is 0 Å². The highest BCUT2D eigenvalue weighted by molar-refractivity contribution is 6.22. The number of hydrogen-bond donors (Lipinski definition) is 0. The van der Waals surface area contributed by atoms with Crippen LogP contribution in [-0.2, 0) is 0 Å². The molecule has 0 amide bonds. The molecule has 0 aliphatic carbocycles. The van der Waals surface area contributed by atoms with Crippen molar-refractivity contribution in [1.82, 2.24) is 0 Å². The van der Waals surface area contributed by atoms with Gasteiger partial charge >= 0.3 is 0 Å². The molecule has 0 fully saturated rings. The lowest BCUT2D eigenvalue weighted by atomic mass is 9.92. The third kappa shape index (κ3) is 4.46. The standard InChI is InChI=1S/C46H30N2O2/c1-28-27-39(29-13-3-2-4-14-29)47-46(48-44(28)38-21-11-20-35-33-17-7-9-22-40(33)50-45(35)38)36-26-25-32(30-15-5-6-16-31(30)36)34-19-12-24-42-43(34)37-18-8-10-23-41(37)49-42/h2-26H,27H2,1H3. The zero-order valence-electron chi connectivity index (χ0n) is 27.4. The molecule has 7 aromatic carbocycles. The van der Waals surface area contributed by atoms with Crippen LogP contribution in [0.3, 0.4) is 0 Å². The quantitative estimate of drug-likeness (QED) is 0.192. The van der Waals surface area contributed by atoms with Crippen LogP contribution in [0.25, 0.3) is 71.5 Å². The van der Waals surface area contributed by atoms with E-state index in [0.717, 1.165) is 99.4 Å². The molecule has 0 spiro atoms. The molecular weight excluding hydrogens is 613 g/mol. The Bertz CT molecular complexity index is 2900. The first-order chi connectivity index (χ1) is 24.7. The van der Waals surface area contributed by atoms with E-state index in [1.165, 1.54) is 0 Å². The Labute approximate surface area is 288 Å². The van der Waals surface area contributed by atoms with Crippen LogP contribution in [-0.4, -0.2) is 11.5 Å². The second kappa shape index (κ2) is 11.3. The number of furan rings is 2. The molecule has 0 bridgehead atoms. The Balaban J connectivity index is 1.22. The second-order valence-electron chi connectivity index (χ2n) is 12.9. The molecule has 2 aromatic heterocycles. The van der Waals surface area contributed by atoms with Crippen LogP contribution in [0.4, 0.5) is 0 Å². The zero-order chi connectivity index (χ0) is 33.2. The molecule has 4 heteroatoms. The number of rotatable bonds is 4. The molecule has 1 aliphatic rings. The second-order valence-corrected chi connectivity index (χ2v) is 12.9. The summed E-state index contributed by atoms with van der Waals surface area (Å²) >= 11 is 0. The first-order valence-electron chi connectivity index (χ1n) is 17.0. The third-order valence-electron chi connectivity index (χ3n) is 9.92. The van der Waals surface area contributed by atoms with Gasteiger partial charge in [-0.05, 0) is 70.3 Å². The lowest BCUT2D eigenvalue weighted by molar-refractivity contribution is 0.667. The molecule has 4 nitrogen and oxygen atoms in total. The van der Waals surface area contributed by atoms with E-state index in [-0.39, 0.29) is 0 Å². The van der Waals surface area contributed by atoms with E-state index < -0.39 is 0 Å². The molecule has 0 radical (unpaired) electrons. The lowest BCUT2D eigenvalue weighted by Gasteiger charge is -2.13. The van der Waals surface area contributed by atoms with Crippen LogP contribution in [0.5, 0.6) is 0 Å². The summed E-state index contributed by atoms with van der Waals surface area (Å²) in [5.74, 6) is 0.679. The van der Waals surface area contributed by atoms with Gasteiger partial charge in [0.15, 0.2) is 5.84 Å². The minimum Gasteiger partial charge on any atom is -0.456 e. The number of hydrogen-bond acceptors (Lipinski definition) is 4. The first-order valence-corrected chi connectivity index (χ1v) is 17.0. The molecule has 9 aromatic rings. The molecule has 0 saturated heterocycles. The maximum atomic E-state index is 6.52. The average molecular weight is 643 g/mol. The van der Waals surface area contributed by atoms with E-state index in [1.54, 1.807) is 0 Å². The van der Waals surface area contributed by atoms with Crippen molar-refractivity contribution in [2.45, 2.75) is 13.3 Å². The molecule has 50 heavy (non-hydrogen) atoms. The van der Waals surface area contributed by atoms with Crippen LogP contribution in [0, 0.1) is 0 Å². The van der Waals surface area contributed by atoms with Crippen molar-refractivity contribution in [2.24, 2.45) is 9.98 Å². The van der Waals surface area contributed by atoms with E-state index in [1.807, 2.05) is 36.4 Å². The highest BCUT2D eigenvalue weighted by Crippen LogP contribution is 2.41. The summed E-state index contributed by atoms with van der Waals surface area (Å²) in [6.07, 6.45) is 0.661. The van der Waals surface area contributed by atoms with E-state index in [4.69, 9.17) is 18.8 Å². The smallest absolute Gasteiger partial charge is 0.160 e. The summed E-state index contributed by atoms with van der Waals surface area (Å²) < 4.78 is 12.8. The summed E-state index contributed by atoms with van der Waals surface area (Å²) in [7, 11) is 0. The van der Waals surface area contributed by atoms with Gasteiger partial charge in [0.1, 0.15) is 22.3 Å². The van der Waals surface area contributed by atoms with Gasteiger partial charge in [-0.25, -0.2) is 9.98 Å². The van der Waals surface area contributed by atoms with Gasteiger partial charge in [-0.2, -0.15) is 0 Å². The minimum atomic E-state index is 0.661. The number of nitrogens with zero attached hydrogens (tertiary/aromatic N) is 2. The normalized spacial score (nSPS) is 13.8. The van der Waals surface area contributed by atoms with Gasteiger partial charge < -0.3 is 8.83 Å². The van der Waals surface area contributed by atoms with Crippen LogP contribution >= 0.6 is 0 Å². The number of benzene rings is 7. The molecule has 10 rings (SSSR count). The van der Waals surface area contributed by atoms with E-state index >= 15 is 0 Å². The Morgan fingerprint density at radius 3 is 1.86 bits per heavy atom. The first kappa shape index (κ1) is 28.5. The van der Waals surface area contributed by atoms with Crippen molar-refractivity contribution < 1.29 is 8.83 Å². The maximum absolute atomic E-state index is 6.52. The number of allylic oxidation sites excluding steroid dienone is 1. The summed E-state index contributed by atoms with van der Waals surface area (Å²) in [6.45, 7) is 2.17. The van der Waals surface area contributed by atoms with Gasteiger partial charge in [0.05, 0.1) is 11.4 Å². The molecular formula is C46H30N2O2. The van der Waals surface area contributed by atoms with Gasteiger partial charge in [0.25, 0.3) is 0 Å². The van der Waals surface area contributed by atoms with Crippen LogP contribution in [0.15, 0.2) is 176 Å². The summed E-state index contributed by atoms with van der Waals surface area (Å²) in [5, 5.41) is 6.64. The molecule has 3 heterocycles. The Morgan fingerprint density at radius 2 is 1.04 bits per heavy atom. The maximum Gasteiger partial charge on any atom is 0.160 e. The molecule has 0 atom stereocenters. The van der Waals surface area contributed by atoms with Gasteiger partial charge in [0, 0.05) is 39.1 Å². The molecule has 0 unspecified atom stereocenters. The fraction of sp³-hybridized carbons (Fsp3) is 0.0435. The molecule has 0 saturated carbocycles. The fourth-order valence-corrected chi connectivity index (χ4v) is 7.60. The van der Waals surface area contributed by atoms with Crippen molar-refractivity contribution in [1.29, 1.82) is 0 Å². The van der Waals surface area contributed by atoms with Gasteiger partial charge in [-0.1, -0.05) is 121 Å². The van der Waals surface area contributed by atoms with Crippen molar-refractivity contribution in [3.63, 3.8) is 0 Å². The SMILES string of the molecule is CC1=C(c2cccc3c2oc2ccccc23)N=C(c2ccc(-c3cccc4oc5ccccc5c34)c3ccccc23)N=C(c2ccccc2)C1.